The normalized spacial score (nSPS) is 17.9. The number of ether oxygens (including phenoxy) is 2. The molecule has 0 saturated carbocycles. The zero-order chi connectivity index (χ0) is 13.7. The van der Waals surface area contributed by atoms with E-state index < -0.39 is 6.04 Å². The van der Waals surface area contributed by atoms with Gasteiger partial charge in [0.15, 0.2) is 0 Å². The smallest absolute Gasteiger partial charge is 0.328 e. The fraction of sp³-hybridized carbons (Fsp3) is 0.429. The summed E-state index contributed by atoms with van der Waals surface area (Å²) >= 11 is 0. The summed E-state index contributed by atoms with van der Waals surface area (Å²) in [5, 5.41) is 2.68. The molecule has 1 aromatic rings. The number of methoxy groups -OCH3 is 1. The third-order valence-corrected chi connectivity index (χ3v) is 3.07. The minimum Gasteiger partial charge on any atom is -0.497 e. The van der Waals surface area contributed by atoms with Crippen LogP contribution in [0.3, 0.4) is 0 Å². The lowest BCUT2D eigenvalue weighted by molar-refractivity contribution is -0.141. The fourth-order valence-electron chi connectivity index (χ4n) is 1.94. The van der Waals surface area contributed by atoms with Crippen LogP contribution in [0, 0.1) is 0 Å². The van der Waals surface area contributed by atoms with Crippen molar-refractivity contribution in [2.75, 3.05) is 13.7 Å². The monoisotopic (exact) mass is 263 g/mol. The molecular weight excluding hydrogens is 246 g/mol. The van der Waals surface area contributed by atoms with Gasteiger partial charge in [0.2, 0.25) is 5.91 Å². The number of amides is 1. The highest BCUT2D eigenvalue weighted by Crippen LogP contribution is 2.13. The molecule has 1 saturated heterocycles. The van der Waals surface area contributed by atoms with E-state index in [2.05, 4.69) is 5.32 Å². The number of carbonyl (C=O) groups excluding carboxylic acids is 2. The Morgan fingerprint density at radius 1 is 1.42 bits per heavy atom. The topological polar surface area (TPSA) is 64.6 Å². The minimum absolute atomic E-state index is 0.125. The molecule has 1 N–H and O–H groups in total. The van der Waals surface area contributed by atoms with Gasteiger partial charge in [0, 0.05) is 12.8 Å². The van der Waals surface area contributed by atoms with Crippen LogP contribution in [-0.2, 0) is 20.7 Å². The van der Waals surface area contributed by atoms with E-state index in [9.17, 15) is 9.59 Å². The van der Waals surface area contributed by atoms with Crippen LogP contribution in [0.1, 0.15) is 18.4 Å². The van der Waals surface area contributed by atoms with Crippen molar-refractivity contribution in [2.45, 2.75) is 25.3 Å². The van der Waals surface area contributed by atoms with Crippen molar-refractivity contribution >= 4 is 11.9 Å². The molecule has 1 heterocycles. The number of cyclic esters (lactones) is 1. The summed E-state index contributed by atoms with van der Waals surface area (Å²) in [5.41, 5.74) is 1.06. The molecule has 19 heavy (non-hydrogen) atoms. The quantitative estimate of drug-likeness (QED) is 0.807. The van der Waals surface area contributed by atoms with Crippen molar-refractivity contribution in [1.82, 2.24) is 5.32 Å². The minimum atomic E-state index is -0.469. The highest BCUT2D eigenvalue weighted by Gasteiger charge is 2.27. The molecule has 0 aliphatic carbocycles. The second-order valence-electron chi connectivity index (χ2n) is 4.42. The molecule has 1 amide bonds. The maximum Gasteiger partial charge on any atom is 0.328 e. The number of aryl methyl sites for hydroxylation is 1. The van der Waals surface area contributed by atoms with Crippen LogP contribution in [0.25, 0.3) is 0 Å². The van der Waals surface area contributed by atoms with Gasteiger partial charge < -0.3 is 14.8 Å². The predicted octanol–water partition coefficient (Wildman–Crippen LogP) is 1.06. The first-order valence-corrected chi connectivity index (χ1v) is 6.28. The maximum absolute atomic E-state index is 11.7. The number of carbonyl (C=O) groups is 2. The van der Waals surface area contributed by atoms with Gasteiger partial charge in [-0.15, -0.1) is 0 Å². The number of hydrogen-bond acceptors (Lipinski definition) is 4. The standard InChI is InChI=1S/C14H17NO4/c1-18-11-5-2-10(3-6-11)4-7-13(16)15-12-8-9-19-14(12)17/h2-3,5-6,12H,4,7-9H2,1H3,(H,15,16)/t12-/m0/s1. The predicted molar refractivity (Wildman–Crippen MR) is 68.8 cm³/mol. The van der Waals surface area contributed by atoms with Crippen LogP contribution in [0.4, 0.5) is 0 Å². The van der Waals surface area contributed by atoms with Crippen molar-refractivity contribution in [3.8, 4) is 5.75 Å². The SMILES string of the molecule is COc1ccc(CCC(=O)N[C@H]2CCOC2=O)cc1. The zero-order valence-corrected chi connectivity index (χ0v) is 10.8. The summed E-state index contributed by atoms with van der Waals surface area (Å²) in [7, 11) is 1.61. The second-order valence-corrected chi connectivity index (χ2v) is 4.42. The highest BCUT2D eigenvalue weighted by atomic mass is 16.5. The number of hydrogen-bond donors (Lipinski definition) is 1. The number of rotatable bonds is 5. The van der Waals surface area contributed by atoms with Gasteiger partial charge >= 0.3 is 5.97 Å². The van der Waals surface area contributed by atoms with E-state index in [-0.39, 0.29) is 11.9 Å². The van der Waals surface area contributed by atoms with Crippen LogP contribution < -0.4 is 10.1 Å². The Hall–Kier alpha value is -2.04. The van der Waals surface area contributed by atoms with E-state index in [1.807, 2.05) is 24.3 Å². The molecule has 1 aromatic carbocycles. The lowest BCUT2D eigenvalue weighted by atomic mass is 10.1. The van der Waals surface area contributed by atoms with Gasteiger partial charge in [0.05, 0.1) is 13.7 Å². The van der Waals surface area contributed by atoms with Gasteiger partial charge in [-0.2, -0.15) is 0 Å². The maximum atomic E-state index is 11.7. The van der Waals surface area contributed by atoms with Crippen LogP contribution in [0.5, 0.6) is 5.75 Å². The molecule has 5 nitrogen and oxygen atoms in total. The lowest BCUT2D eigenvalue weighted by Crippen LogP contribution is -2.37. The van der Waals surface area contributed by atoms with Crippen LogP contribution in [0.15, 0.2) is 24.3 Å². The first kappa shape index (κ1) is 13.4. The van der Waals surface area contributed by atoms with Crippen molar-refractivity contribution < 1.29 is 19.1 Å². The van der Waals surface area contributed by atoms with Gasteiger partial charge in [-0.3, -0.25) is 4.79 Å². The average Bonchev–Trinajstić information content (AvgIpc) is 2.82. The first-order chi connectivity index (χ1) is 9.19. The Kier molecular flexibility index (Phi) is 4.39. The average molecular weight is 263 g/mol. The van der Waals surface area contributed by atoms with Crippen molar-refractivity contribution in [3.63, 3.8) is 0 Å². The molecule has 1 atom stereocenters. The molecule has 0 bridgehead atoms. The summed E-state index contributed by atoms with van der Waals surface area (Å²) in [6, 6.07) is 7.11. The Labute approximate surface area is 111 Å². The fourth-order valence-corrected chi connectivity index (χ4v) is 1.94. The number of benzene rings is 1. The van der Waals surface area contributed by atoms with E-state index in [1.165, 1.54) is 0 Å². The third-order valence-electron chi connectivity index (χ3n) is 3.07. The molecule has 102 valence electrons. The molecule has 2 rings (SSSR count). The summed E-state index contributed by atoms with van der Waals surface area (Å²) in [6.07, 6.45) is 1.56. The molecule has 0 radical (unpaired) electrons. The summed E-state index contributed by atoms with van der Waals surface area (Å²) < 4.78 is 9.85. The molecule has 1 fully saturated rings. The van der Waals surface area contributed by atoms with E-state index in [4.69, 9.17) is 9.47 Å². The summed E-state index contributed by atoms with van der Waals surface area (Å²) in [5.74, 6) is 0.333. The second kappa shape index (κ2) is 6.22. The molecule has 5 heteroatoms. The highest BCUT2D eigenvalue weighted by molar-refractivity contribution is 5.85. The lowest BCUT2D eigenvalue weighted by Gasteiger charge is -2.08. The van der Waals surface area contributed by atoms with E-state index in [0.29, 0.717) is 25.9 Å². The summed E-state index contributed by atoms with van der Waals surface area (Å²) in [4.78, 5) is 22.9. The molecule has 0 aromatic heterocycles. The zero-order valence-electron chi connectivity index (χ0n) is 10.8. The Morgan fingerprint density at radius 3 is 2.74 bits per heavy atom. The van der Waals surface area contributed by atoms with E-state index in [1.54, 1.807) is 7.11 Å². The van der Waals surface area contributed by atoms with Crippen molar-refractivity contribution in [3.05, 3.63) is 29.8 Å². The van der Waals surface area contributed by atoms with Crippen LogP contribution in [0.2, 0.25) is 0 Å². The van der Waals surface area contributed by atoms with E-state index >= 15 is 0 Å². The number of nitrogens with one attached hydrogen (secondary N) is 1. The first-order valence-electron chi connectivity index (χ1n) is 6.28. The molecule has 0 spiro atoms. The molecular formula is C14H17NO4. The van der Waals surface area contributed by atoms with Crippen molar-refractivity contribution in [1.29, 1.82) is 0 Å². The van der Waals surface area contributed by atoms with Gasteiger partial charge in [0.1, 0.15) is 11.8 Å². The van der Waals surface area contributed by atoms with Gasteiger partial charge in [-0.05, 0) is 24.1 Å². The van der Waals surface area contributed by atoms with E-state index in [0.717, 1.165) is 11.3 Å². The Bertz CT molecular complexity index is 455. The summed E-state index contributed by atoms with van der Waals surface area (Å²) in [6.45, 7) is 0.391. The van der Waals surface area contributed by atoms with Crippen LogP contribution >= 0.6 is 0 Å². The van der Waals surface area contributed by atoms with Gasteiger partial charge in [-0.25, -0.2) is 4.79 Å². The Morgan fingerprint density at radius 2 is 2.16 bits per heavy atom. The van der Waals surface area contributed by atoms with Gasteiger partial charge in [-0.1, -0.05) is 12.1 Å². The number of esters is 1. The van der Waals surface area contributed by atoms with Gasteiger partial charge in [0.25, 0.3) is 0 Å². The molecule has 1 aliphatic rings. The molecule has 0 unspecified atom stereocenters. The third kappa shape index (κ3) is 3.71. The molecule has 1 aliphatic heterocycles. The van der Waals surface area contributed by atoms with Crippen LogP contribution in [-0.4, -0.2) is 31.6 Å². The van der Waals surface area contributed by atoms with Crippen molar-refractivity contribution in [2.24, 2.45) is 0 Å². The largest absolute Gasteiger partial charge is 0.497 e. The Balaban J connectivity index is 1.77.